The zero-order valence-electron chi connectivity index (χ0n) is 15.7. The molecule has 2 aromatic rings. The molecule has 2 heterocycles. The number of benzene rings is 1. The molecule has 1 atom stereocenters. The molecule has 4 rings (SSSR count). The van der Waals surface area contributed by atoms with Crippen molar-refractivity contribution in [2.75, 3.05) is 32.2 Å². The Balaban J connectivity index is 1.58. The normalized spacial score (nSPS) is 18.7. The van der Waals surface area contributed by atoms with Crippen molar-refractivity contribution in [3.63, 3.8) is 0 Å². The summed E-state index contributed by atoms with van der Waals surface area (Å²) in [5, 5.41) is 0. The van der Waals surface area contributed by atoms with Gasteiger partial charge in [0.05, 0.1) is 12.8 Å². The van der Waals surface area contributed by atoms with Crippen LogP contribution in [0.25, 0.3) is 0 Å². The number of nitrogens with zero attached hydrogens (tertiary/aromatic N) is 4. The molecule has 1 aliphatic carbocycles. The fraction of sp³-hybridized carbons (Fsp3) is 0.333. The fourth-order valence-corrected chi connectivity index (χ4v) is 3.29. The Morgan fingerprint density at radius 3 is 2.81 bits per heavy atom. The molecule has 0 radical (unpaired) electrons. The summed E-state index contributed by atoms with van der Waals surface area (Å²) in [4.78, 5) is 13.7. The standard InChI is InChI=1S/C21H24N4O2/c1-24(17-9-6-10-17)20-11-22-19-14-25(12-16-7-4-3-5-8-16)13-18(15-26-2)27-21(19)23-20/h3-11,18H,12-15H2,1-2H3/t18-/m1/s1. The highest BCUT2D eigenvalue weighted by Gasteiger charge is 2.26. The first-order valence-corrected chi connectivity index (χ1v) is 9.13. The number of rotatable bonds is 6. The molecule has 6 nitrogen and oxygen atoms in total. The Kier molecular flexibility index (Phi) is 5.18. The second kappa shape index (κ2) is 7.90. The van der Waals surface area contributed by atoms with Crippen molar-refractivity contribution >= 4 is 5.82 Å². The van der Waals surface area contributed by atoms with Gasteiger partial charge in [0.25, 0.3) is 0 Å². The minimum absolute atomic E-state index is 0.0855. The zero-order chi connectivity index (χ0) is 18.6. The highest BCUT2D eigenvalue weighted by atomic mass is 16.5. The molecule has 0 fully saturated rings. The van der Waals surface area contributed by atoms with Crippen LogP contribution in [0.5, 0.6) is 5.88 Å². The number of ether oxygens (including phenoxy) is 2. The second-order valence-corrected chi connectivity index (χ2v) is 6.84. The topological polar surface area (TPSA) is 50.7 Å². The van der Waals surface area contributed by atoms with Gasteiger partial charge in [-0.15, -0.1) is 0 Å². The van der Waals surface area contributed by atoms with Crippen LogP contribution in [0, 0.1) is 0 Å². The van der Waals surface area contributed by atoms with Gasteiger partial charge in [-0.3, -0.25) is 9.88 Å². The van der Waals surface area contributed by atoms with Crippen molar-refractivity contribution in [1.82, 2.24) is 14.9 Å². The van der Waals surface area contributed by atoms with Crippen molar-refractivity contribution in [3.05, 3.63) is 71.7 Å². The third-order valence-corrected chi connectivity index (χ3v) is 4.78. The molecule has 0 saturated heterocycles. The molecule has 0 saturated carbocycles. The number of aromatic nitrogens is 2. The smallest absolute Gasteiger partial charge is 0.239 e. The molecule has 0 spiro atoms. The van der Waals surface area contributed by atoms with Gasteiger partial charge in [0.15, 0.2) is 5.82 Å². The average molecular weight is 364 g/mol. The number of hydrogen-bond acceptors (Lipinski definition) is 6. The summed E-state index contributed by atoms with van der Waals surface area (Å²) in [6.07, 6.45) is 7.83. The molecule has 0 amide bonds. The van der Waals surface area contributed by atoms with E-state index in [1.807, 2.05) is 42.4 Å². The molecule has 2 aliphatic rings. The van der Waals surface area contributed by atoms with Crippen molar-refractivity contribution in [2.24, 2.45) is 0 Å². The van der Waals surface area contributed by atoms with Gasteiger partial charge in [0.1, 0.15) is 11.8 Å². The Bertz CT molecular complexity index is 851. The van der Waals surface area contributed by atoms with E-state index in [4.69, 9.17) is 14.5 Å². The summed E-state index contributed by atoms with van der Waals surface area (Å²) >= 11 is 0. The van der Waals surface area contributed by atoms with E-state index in [2.05, 4.69) is 34.1 Å². The molecule has 1 aliphatic heterocycles. The molecular formula is C21H24N4O2. The van der Waals surface area contributed by atoms with Gasteiger partial charge in [0, 0.05) is 39.5 Å². The van der Waals surface area contributed by atoms with Crippen LogP contribution in [-0.2, 0) is 17.8 Å². The lowest BCUT2D eigenvalue weighted by atomic mass is 10.2. The molecule has 27 heavy (non-hydrogen) atoms. The van der Waals surface area contributed by atoms with Crippen LogP contribution >= 0.6 is 0 Å². The van der Waals surface area contributed by atoms with Crippen LogP contribution in [0.2, 0.25) is 0 Å². The first-order valence-electron chi connectivity index (χ1n) is 9.13. The molecule has 6 heteroatoms. The lowest BCUT2D eigenvalue weighted by molar-refractivity contribution is 0.0565. The Labute approximate surface area is 159 Å². The number of allylic oxidation sites excluding steroid dienone is 3. The van der Waals surface area contributed by atoms with E-state index in [9.17, 15) is 0 Å². The number of fused-ring (bicyclic) bond motifs is 1. The number of hydrogen-bond donors (Lipinski definition) is 0. The zero-order valence-corrected chi connectivity index (χ0v) is 15.7. The summed E-state index contributed by atoms with van der Waals surface area (Å²) in [6.45, 7) is 2.81. The van der Waals surface area contributed by atoms with Crippen LogP contribution in [-0.4, -0.2) is 48.3 Å². The Hall–Kier alpha value is -2.70. The maximum Gasteiger partial charge on any atom is 0.239 e. The van der Waals surface area contributed by atoms with Crippen molar-refractivity contribution in [2.45, 2.75) is 19.2 Å². The fourth-order valence-electron chi connectivity index (χ4n) is 3.29. The third kappa shape index (κ3) is 4.02. The van der Waals surface area contributed by atoms with Gasteiger partial charge < -0.3 is 14.4 Å². The monoisotopic (exact) mass is 364 g/mol. The van der Waals surface area contributed by atoms with Gasteiger partial charge in [0.2, 0.25) is 5.88 Å². The van der Waals surface area contributed by atoms with E-state index in [1.165, 1.54) is 5.56 Å². The maximum absolute atomic E-state index is 6.18. The first-order chi connectivity index (χ1) is 13.2. The van der Waals surface area contributed by atoms with Crippen LogP contribution in [0.3, 0.4) is 0 Å². The van der Waals surface area contributed by atoms with Crippen molar-refractivity contribution in [3.8, 4) is 5.88 Å². The average Bonchev–Trinajstić information content (AvgIpc) is 2.79. The van der Waals surface area contributed by atoms with Crippen LogP contribution < -0.4 is 9.64 Å². The number of anilines is 1. The predicted octanol–water partition coefficient (Wildman–Crippen LogP) is 2.78. The summed E-state index contributed by atoms with van der Waals surface area (Å²) in [5.74, 6) is 1.37. The predicted molar refractivity (Wildman–Crippen MR) is 105 cm³/mol. The molecule has 0 bridgehead atoms. The second-order valence-electron chi connectivity index (χ2n) is 6.84. The van der Waals surface area contributed by atoms with E-state index in [0.717, 1.165) is 30.3 Å². The van der Waals surface area contributed by atoms with Gasteiger partial charge >= 0.3 is 0 Å². The third-order valence-electron chi connectivity index (χ3n) is 4.78. The SMILES string of the molecule is COC[C@H]1CN(Cc2ccccc2)Cc2ncc(N(C)C3=CC=C3)nc2O1. The Morgan fingerprint density at radius 1 is 1.30 bits per heavy atom. The van der Waals surface area contributed by atoms with Crippen LogP contribution in [0.15, 0.2) is 60.5 Å². The Morgan fingerprint density at radius 2 is 2.11 bits per heavy atom. The maximum atomic E-state index is 6.18. The molecule has 140 valence electrons. The van der Waals surface area contributed by atoms with Gasteiger partial charge in [-0.05, 0) is 17.7 Å². The van der Waals surface area contributed by atoms with E-state index in [1.54, 1.807) is 7.11 Å². The summed E-state index contributed by atoms with van der Waals surface area (Å²) < 4.78 is 11.5. The minimum atomic E-state index is -0.0855. The van der Waals surface area contributed by atoms with Gasteiger partial charge in [-0.2, -0.15) is 4.98 Å². The molecule has 0 N–H and O–H groups in total. The van der Waals surface area contributed by atoms with E-state index in [0.29, 0.717) is 19.0 Å². The molecule has 1 aromatic heterocycles. The van der Waals surface area contributed by atoms with Gasteiger partial charge in [-0.25, -0.2) is 0 Å². The highest BCUT2D eigenvalue weighted by Crippen LogP contribution is 2.27. The molecule has 1 aromatic carbocycles. The minimum Gasteiger partial charge on any atom is -0.469 e. The summed E-state index contributed by atoms with van der Waals surface area (Å²) in [6, 6.07) is 10.4. The number of methoxy groups -OCH3 is 1. The summed E-state index contributed by atoms with van der Waals surface area (Å²) in [7, 11) is 3.68. The van der Waals surface area contributed by atoms with Crippen LogP contribution in [0.1, 0.15) is 11.3 Å². The largest absolute Gasteiger partial charge is 0.469 e. The molecular weight excluding hydrogens is 340 g/mol. The van der Waals surface area contributed by atoms with Crippen molar-refractivity contribution in [1.29, 1.82) is 0 Å². The summed E-state index contributed by atoms with van der Waals surface area (Å²) in [5.41, 5.74) is 3.24. The van der Waals surface area contributed by atoms with Gasteiger partial charge in [-0.1, -0.05) is 36.4 Å². The lowest BCUT2D eigenvalue weighted by Gasteiger charge is -2.23. The number of likely N-dealkylation sites (N-methyl/N-ethyl adjacent to an activating group) is 1. The molecule has 0 unspecified atom stereocenters. The van der Waals surface area contributed by atoms with E-state index in [-0.39, 0.29) is 6.10 Å². The first kappa shape index (κ1) is 17.7. The lowest BCUT2D eigenvalue weighted by Crippen LogP contribution is -2.35. The van der Waals surface area contributed by atoms with E-state index >= 15 is 0 Å². The van der Waals surface area contributed by atoms with E-state index < -0.39 is 0 Å². The van der Waals surface area contributed by atoms with Crippen LogP contribution in [0.4, 0.5) is 5.82 Å². The quantitative estimate of drug-likeness (QED) is 0.786. The van der Waals surface area contributed by atoms with Crippen molar-refractivity contribution < 1.29 is 9.47 Å². The highest BCUT2D eigenvalue weighted by molar-refractivity contribution is 5.53.